The minimum atomic E-state index is 0.322. The Balaban J connectivity index is 2.39. The van der Waals surface area contributed by atoms with Gasteiger partial charge in [-0.2, -0.15) is 5.26 Å². The minimum absolute atomic E-state index is 0.322. The predicted octanol–water partition coefficient (Wildman–Crippen LogP) is 3.68. The van der Waals surface area contributed by atoms with E-state index in [4.69, 9.17) is 16.9 Å². The summed E-state index contributed by atoms with van der Waals surface area (Å²) < 4.78 is 0. The zero-order valence-electron chi connectivity index (χ0n) is 10.2. The molecule has 0 bridgehead atoms. The van der Waals surface area contributed by atoms with Crippen molar-refractivity contribution in [2.24, 2.45) is 0 Å². The smallest absolute Gasteiger partial charge is 0.135 e. The van der Waals surface area contributed by atoms with Crippen molar-refractivity contribution in [3.8, 4) is 6.07 Å². The van der Waals surface area contributed by atoms with Gasteiger partial charge in [0, 0.05) is 12.7 Å². The van der Waals surface area contributed by atoms with E-state index < -0.39 is 0 Å². The average Bonchev–Trinajstić information content (AvgIpc) is 2.38. The first-order valence-electron chi connectivity index (χ1n) is 5.48. The van der Waals surface area contributed by atoms with Gasteiger partial charge in [-0.05, 0) is 31.2 Å². The van der Waals surface area contributed by atoms with Crippen molar-refractivity contribution in [2.75, 3.05) is 11.9 Å². The molecule has 0 aliphatic heterocycles. The second kappa shape index (κ2) is 5.07. The number of nitrogens with zero attached hydrogens (tertiary/aromatic N) is 3. The fourth-order valence-corrected chi connectivity index (χ4v) is 1.82. The van der Waals surface area contributed by atoms with Crippen molar-refractivity contribution in [3.05, 3.63) is 52.7 Å². The molecule has 0 radical (unpaired) electrons. The molecule has 0 aliphatic rings. The van der Waals surface area contributed by atoms with Gasteiger partial charge in [0.15, 0.2) is 0 Å². The molecule has 0 saturated carbocycles. The highest BCUT2D eigenvalue weighted by Gasteiger charge is 2.08. The van der Waals surface area contributed by atoms with Gasteiger partial charge in [0.25, 0.3) is 0 Å². The molecule has 4 heteroatoms. The Morgan fingerprint density at radius 2 is 1.89 bits per heavy atom. The third-order valence-electron chi connectivity index (χ3n) is 2.67. The number of aryl methyl sites for hydroxylation is 1. The Morgan fingerprint density at radius 3 is 2.50 bits per heavy atom. The van der Waals surface area contributed by atoms with Gasteiger partial charge in [-0.1, -0.05) is 29.3 Å². The summed E-state index contributed by atoms with van der Waals surface area (Å²) in [5.41, 5.74) is 2.70. The summed E-state index contributed by atoms with van der Waals surface area (Å²) in [7, 11) is 1.89. The van der Waals surface area contributed by atoms with Crippen LogP contribution in [0.15, 0.2) is 36.4 Å². The van der Waals surface area contributed by atoms with Crippen LogP contribution in [-0.4, -0.2) is 12.0 Å². The van der Waals surface area contributed by atoms with E-state index in [1.54, 1.807) is 12.1 Å². The Bertz CT molecular complexity index is 599. The summed E-state index contributed by atoms with van der Waals surface area (Å²) in [6.07, 6.45) is 0. The zero-order valence-corrected chi connectivity index (χ0v) is 10.9. The molecule has 0 fully saturated rings. The lowest BCUT2D eigenvalue weighted by atomic mass is 10.2. The summed E-state index contributed by atoms with van der Waals surface area (Å²) in [5, 5.41) is 9.24. The minimum Gasteiger partial charge on any atom is -0.329 e. The number of benzene rings is 1. The number of halogens is 1. The first kappa shape index (κ1) is 12.4. The molecule has 1 heterocycles. The van der Waals surface area contributed by atoms with E-state index in [2.05, 4.69) is 11.1 Å². The molecule has 3 nitrogen and oxygen atoms in total. The van der Waals surface area contributed by atoms with Gasteiger partial charge in [0.05, 0.1) is 11.6 Å². The predicted molar refractivity (Wildman–Crippen MR) is 73.2 cm³/mol. The van der Waals surface area contributed by atoms with Crippen LogP contribution < -0.4 is 4.90 Å². The van der Waals surface area contributed by atoms with Crippen molar-refractivity contribution in [2.45, 2.75) is 6.92 Å². The molecule has 0 aliphatic carbocycles. The van der Waals surface area contributed by atoms with Crippen LogP contribution in [-0.2, 0) is 0 Å². The monoisotopic (exact) mass is 257 g/mol. The van der Waals surface area contributed by atoms with Crippen molar-refractivity contribution < 1.29 is 0 Å². The van der Waals surface area contributed by atoms with Gasteiger partial charge >= 0.3 is 0 Å². The van der Waals surface area contributed by atoms with Crippen LogP contribution in [0, 0.1) is 18.3 Å². The third kappa shape index (κ3) is 2.61. The van der Waals surface area contributed by atoms with Crippen molar-refractivity contribution >= 4 is 23.1 Å². The van der Waals surface area contributed by atoms with Gasteiger partial charge in [-0.15, -0.1) is 0 Å². The molecular formula is C14H12ClN3. The van der Waals surface area contributed by atoms with E-state index in [9.17, 15) is 0 Å². The molecule has 0 saturated heterocycles. The van der Waals surface area contributed by atoms with E-state index in [0.717, 1.165) is 5.69 Å². The fourth-order valence-electron chi connectivity index (χ4n) is 1.62. The molecule has 0 unspecified atom stereocenters. The van der Waals surface area contributed by atoms with Crippen molar-refractivity contribution in [3.63, 3.8) is 0 Å². The summed E-state index contributed by atoms with van der Waals surface area (Å²) in [6.45, 7) is 2.04. The van der Waals surface area contributed by atoms with Crippen LogP contribution in [0.3, 0.4) is 0 Å². The summed E-state index contributed by atoms with van der Waals surface area (Å²) in [5.74, 6) is 0.655. The first-order chi connectivity index (χ1) is 8.60. The maximum Gasteiger partial charge on any atom is 0.135 e. The number of anilines is 2. The molecule has 0 amide bonds. The van der Waals surface area contributed by atoms with E-state index >= 15 is 0 Å². The summed E-state index contributed by atoms with van der Waals surface area (Å²) in [4.78, 5) is 6.12. The van der Waals surface area contributed by atoms with E-state index in [1.165, 1.54) is 5.56 Å². The lowest BCUT2D eigenvalue weighted by molar-refractivity contribution is 1.12. The number of aromatic nitrogens is 1. The highest BCUT2D eigenvalue weighted by Crippen LogP contribution is 2.24. The lowest BCUT2D eigenvalue weighted by Crippen LogP contribution is -2.11. The van der Waals surface area contributed by atoms with Gasteiger partial charge in [-0.25, -0.2) is 4.98 Å². The van der Waals surface area contributed by atoms with E-state index in [0.29, 0.717) is 16.5 Å². The SMILES string of the molecule is Cc1ccc(N(C)c2cc(C#N)cc(Cl)n2)cc1. The second-order valence-corrected chi connectivity index (χ2v) is 4.43. The Morgan fingerprint density at radius 1 is 1.22 bits per heavy atom. The molecule has 2 aromatic rings. The van der Waals surface area contributed by atoms with Gasteiger partial charge in [0.1, 0.15) is 11.0 Å². The quantitative estimate of drug-likeness (QED) is 0.771. The van der Waals surface area contributed by atoms with Gasteiger partial charge < -0.3 is 4.90 Å². The second-order valence-electron chi connectivity index (χ2n) is 4.04. The largest absolute Gasteiger partial charge is 0.329 e. The maximum absolute atomic E-state index is 8.92. The topological polar surface area (TPSA) is 39.9 Å². The number of hydrogen-bond acceptors (Lipinski definition) is 3. The normalized spacial score (nSPS) is 9.89. The van der Waals surface area contributed by atoms with E-state index in [1.807, 2.05) is 43.1 Å². The Hall–Kier alpha value is -2.05. The molecule has 0 N–H and O–H groups in total. The molecular weight excluding hydrogens is 246 g/mol. The Kier molecular flexibility index (Phi) is 3.50. The van der Waals surface area contributed by atoms with Crippen molar-refractivity contribution in [1.29, 1.82) is 5.26 Å². The van der Waals surface area contributed by atoms with Crippen LogP contribution in [0.4, 0.5) is 11.5 Å². The molecule has 18 heavy (non-hydrogen) atoms. The van der Waals surface area contributed by atoms with Crippen LogP contribution in [0.2, 0.25) is 5.15 Å². The molecule has 2 rings (SSSR count). The molecule has 1 aromatic heterocycles. The van der Waals surface area contributed by atoms with Crippen LogP contribution in [0.1, 0.15) is 11.1 Å². The average molecular weight is 258 g/mol. The number of hydrogen-bond donors (Lipinski definition) is 0. The number of pyridine rings is 1. The van der Waals surface area contributed by atoms with E-state index in [-0.39, 0.29) is 0 Å². The molecule has 1 aromatic carbocycles. The Labute approximate surface area is 111 Å². The van der Waals surface area contributed by atoms with Crippen molar-refractivity contribution in [1.82, 2.24) is 4.98 Å². The summed E-state index contributed by atoms with van der Waals surface area (Å²) >= 11 is 5.90. The van der Waals surface area contributed by atoms with Gasteiger partial charge in [-0.3, -0.25) is 0 Å². The first-order valence-corrected chi connectivity index (χ1v) is 5.86. The maximum atomic E-state index is 8.92. The molecule has 90 valence electrons. The van der Waals surface area contributed by atoms with Crippen LogP contribution in [0.25, 0.3) is 0 Å². The number of rotatable bonds is 2. The molecule has 0 atom stereocenters. The zero-order chi connectivity index (χ0) is 13.1. The molecule has 0 spiro atoms. The number of nitriles is 1. The lowest BCUT2D eigenvalue weighted by Gasteiger charge is -2.18. The highest BCUT2D eigenvalue weighted by atomic mass is 35.5. The van der Waals surface area contributed by atoms with Crippen LogP contribution in [0.5, 0.6) is 0 Å². The third-order valence-corrected chi connectivity index (χ3v) is 2.87. The standard InChI is InChI=1S/C14H12ClN3/c1-10-3-5-12(6-4-10)18(2)14-8-11(9-16)7-13(15)17-14/h3-8H,1-2H3. The van der Waals surface area contributed by atoms with Crippen LogP contribution >= 0.6 is 11.6 Å². The fraction of sp³-hybridized carbons (Fsp3) is 0.143. The van der Waals surface area contributed by atoms with Gasteiger partial charge in [0.2, 0.25) is 0 Å². The highest BCUT2D eigenvalue weighted by molar-refractivity contribution is 6.29. The summed E-state index contributed by atoms with van der Waals surface area (Å²) in [6, 6.07) is 13.4.